The molecule has 1 aliphatic heterocycles. The molecule has 1 saturated heterocycles. The molecule has 1 heterocycles. The van der Waals surface area contributed by atoms with Crippen LogP contribution in [-0.2, 0) is 14.8 Å². The quantitative estimate of drug-likeness (QED) is 0.736. The van der Waals surface area contributed by atoms with Crippen molar-refractivity contribution in [2.45, 2.75) is 37.8 Å². The van der Waals surface area contributed by atoms with Gasteiger partial charge in [-0.15, -0.1) is 0 Å². The van der Waals surface area contributed by atoms with E-state index >= 15 is 0 Å². The molecule has 2 N–H and O–H groups in total. The fraction of sp³-hybridized carbons (Fsp3) is 1.00. The highest BCUT2D eigenvalue weighted by Crippen LogP contribution is 2.23. The minimum Gasteiger partial charge on any atom is -0.381 e. The molecule has 2 aliphatic rings. The zero-order valence-corrected chi connectivity index (χ0v) is 11.1. The summed E-state index contributed by atoms with van der Waals surface area (Å²) in [4.78, 5) is 0. The summed E-state index contributed by atoms with van der Waals surface area (Å²) in [6.45, 7) is 1.84. The van der Waals surface area contributed by atoms with Gasteiger partial charge in [-0.1, -0.05) is 0 Å². The van der Waals surface area contributed by atoms with Gasteiger partial charge in [0.05, 0.1) is 11.9 Å². The lowest BCUT2D eigenvalue weighted by Gasteiger charge is -2.34. The molecule has 0 spiro atoms. The van der Waals surface area contributed by atoms with E-state index in [0.717, 1.165) is 38.8 Å². The lowest BCUT2D eigenvalue weighted by atomic mass is 9.90. The van der Waals surface area contributed by atoms with Crippen LogP contribution in [0.25, 0.3) is 0 Å². The Hall–Kier alpha value is -0.170. The molecule has 0 aromatic rings. The molecule has 1 unspecified atom stereocenters. The van der Waals surface area contributed by atoms with Gasteiger partial charge in [0, 0.05) is 13.2 Å². The maximum Gasteiger partial charge on any atom is 0.212 e. The highest BCUT2D eigenvalue weighted by Gasteiger charge is 2.33. The van der Waals surface area contributed by atoms with Crippen LogP contribution in [0, 0.1) is 5.92 Å². The first-order valence-electron chi connectivity index (χ1n) is 6.32. The third-order valence-corrected chi connectivity index (χ3v) is 5.23. The van der Waals surface area contributed by atoms with Crippen LogP contribution in [-0.4, -0.2) is 46.5 Å². The highest BCUT2D eigenvalue weighted by atomic mass is 32.2. The van der Waals surface area contributed by atoms with Crippen LogP contribution >= 0.6 is 0 Å². The number of piperidine rings is 1. The number of ether oxygens (including phenoxy) is 1. The van der Waals surface area contributed by atoms with Crippen molar-refractivity contribution in [2.75, 3.05) is 26.0 Å². The second kappa shape index (κ2) is 5.65. The van der Waals surface area contributed by atoms with Crippen molar-refractivity contribution in [3.63, 3.8) is 0 Å². The third-order valence-electron chi connectivity index (χ3n) is 3.63. The van der Waals surface area contributed by atoms with Gasteiger partial charge in [-0.05, 0) is 44.7 Å². The average molecular weight is 262 g/mol. The van der Waals surface area contributed by atoms with E-state index in [-0.39, 0.29) is 23.8 Å². The van der Waals surface area contributed by atoms with E-state index in [0.29, 0.717) is 0 Å². The summed E-state index contributed by atoms with van der Waals surface area (Å²) in [6, 6.07) is 0.0847. The van der Waals surface area contributed by atoms with Gasteiger partial charge in [-0.3, -0.25) is 0 Å². The SMILES string of the molecule is COC1CC(NS(=O)(=O)CC2CCCNC2)C1. The summed E-state index contributed by atoms with van der Waals surface area (Å²) in [7, 11) is -1.45. The molecule has 2 rings (SSSR count). The zero-order chi connectivity index (χ0) is 12.3. The van der Waals surface area contributed by atoms with Gasteiger partial charge in [0.2, 0.25) is 10.0 Å². The van der Waals surface area contributed by atoms with Gasteiger partial charge >= 0.3 is 0 Å². The average Bonchev–Trinajstić information content (AvgIpc) is 2.23. The van der Waals surface area contributed by atoms with Gasteiger partial charge in [0.1, 0.15) is 0 Å². The number of methoxy groups -OCH3 is 1. The van der Waals surface area contributed by atoms with Crippen molar-refractivity contribution >= 4 is 10.0 Å². The van der Waals surface area contributed by atoms with Gasteiger partial charge in [0.15, 0.2) is 0 Å². The molecule has 1 aliphatic carbocycles. The van der Waals surface area contributed by atoms with E-state index in [4.69, 9.17) is 4.74 Å². The van der Waals surface area contributed by atoms with E-state index in [1.807, 2.05) is 0 Å². The molecule has 0 amide bonds. The van der Waals surface area contributed by atoms with E-state index < -0.39 is 10.0 Å². The summed E-state index contributed by atoms with van der Waals surface area (Å²) in [6.07, 6.45) is 3.94. The molecule has 0 aromatic carbocycles. The van der Waals surface area contributed by atoms with Gasteiger partial charge < -0.3 is 10.1 Å². The number of hydrogen-bond acceptors (Lipinski definition) is 4. The van der Waals surface area contributed by atoms with Crippen LogP contribution in [0.2, 0.25) is 0 Å². The third kappa shape index (κ3) is 3.91. The Morgan fingerprint density at radius 1 is 1.41 bits per heavy atom. The molecule has 5 nitrogen and oxygen atoms in total. The Kier molecular flexibility index (Phi) is 4.41. The molecule has 100 valence electrons. The molecule has 0 bridgehead atoms. The molecule has 1 saturated carbocycles. The Bertz CT molecular complexity index is 333. The molecule has 1 atom stereocenters. The molecule has 0 radical (unpaired) electrons. The van der Waals surface area contributed by atoms with Gasteiger partial charge in [-0.25, -0.2) is 13.1 Å². The second-order valence-corrected chi connectivity index (χ2v) is 6.94. The normalized spacial score (nSPS) is 34.3. The highest BCUT2D eigenvalue weighted by molar-refractivity contribution is 7.89. The maximum atomic E-state index is 11.9. The predicted octanol–water partition coefficient (Wildman–Crippen LogP) is 0.0828. The van der Waals surface area contributed by atoms with Crippen molar-refractivity contribution in [1.29, 1.82) is 0 Å². The minimum absolute atomic E-state index is 0.0847. The first kappa shape index (κ1) is 13.3. The Labute approximate surface area is 103 Å². The molecular weight excluding hydrogens is 240 g/mol. The van der Waals surface area contributed by atoms with Gasteiger partial charge in [-0.2, -0.15) is 0 Å². The van der Waals surface area contributed by atoms with Crippen LogP contribution in [0.5, 0.6) is 0 Å². The van der Waals surface area contributed by atoms with Crippen LogP contribution < -0.4 is 10.0 Å². The van der Waals surface area contributed by atoms with Crippen molar-refractivity contribution in [1.82, 2.24) is 10.0 Å². The van der Waals surface area contributed by atoms with Crippen molar-refractivity contribution in [2.24, 2.45) is 5.92 Å². The summed E-state index contributed by atoms with van der Waals surface area (Å²) < 4.78 is 31.7. The number of sulfonamides is 1. The fourth-order valence-corrected chi connectivity index (χ4v) is 4.23. The van der Waals surface area contributed by atoms with Crippen molar-refractivity contribution in [3.05, 3.63) is 0 Å². The molecule has 17 heavy (non-hydrogen) atoms. The number of hydrogen-bond donors (Lipinski definition) is 2. The minimum atomic E-state index is -3.12. The van der Waals surface area contributed by atoms with Crippen molar-refractivity contribution in [3.8, 4) is 0 Å². The predicted molar refractivity (Wildman–Crippen MR) is 66.3 cm³/mol. The van der Waals surface area contributed by atoms with Gasteiger partial charge in [0.25, 0.3) is 0 Å². The van der Waals surface area contributed by atoms with Crippen molar-refractivity contribution < 1.29 is 13.2 Å². The number of nitrogens with one attached hydrogen (secondary N) is 2. The second-order valence-electron chi connectivity index (χ2n) is 5.14. The van der Waals surface area contributed by atoms with Crippen LogP contribution in [0.15, 0.2) is 0 Å². The number of rotatable bonds is 5. The first-order chi connectivity index (χ1) is 8.09. The molecule has 6 heteroatoms. The Morgan fingerprint density at radius 2 is 2.18 bits per heavy atom. The van der Waals surface area contributed by atoms with Crippen LogP contribution in [0.4, 0.5) is 0 Å². The van der Waals surface area contributed by atoms with Crippen LogP contribution in [0.1, 0.15) is 25.7 Å². The summed E-state index contributed by atoms with van der Waals surface area (Å²) in [5.41, 5.74) is 0. The van der Waals surface area contributed by atoms with E-state index in [1.165, 1.54) is 0 Å². The Balaban J connectivity index is 1.74. The smallest absolute Gasteiger partial charge is 0.212 e. The van der Waals surface area contributed by atoms with E-state index in [2.05, 4.69) is 10.0 Å². The van der Waals surface area contributed by atoms with E-state index in [1.54, 1.807) is 7.11 Å². The maximum absolute atomic E-state index is 11.9. The summed E-state index contributed by atoms with van der Waals surface area (Å²) in [5.74, 6) is 0.522. The summed E-state index contributed by atoms with van der Waals surface area (Å²) in [5, 5.41) is 3.24. The van der Waals surface area contributed by atoms with Crippen LogP contribution in [0.3, 0.4) is 0 Å². The Morgan fingerprint density at radius 3 is 2.76 bits per heavy atom. The zero-order valence-electron chi connectivity index (χ0n) is 10.3. The summed E-state index contributed by atoms with van der Waals surface area (Å²) >= 11 is 0. The molecule has 2 fully saturated rings. The van der Waals surface area contributed by atoms with E-state index in [9.17, 15) is 8.42 Å². The molecule has 0 aromatic heterocycles. The standard InChI is InChI=1S/C11H22N2O3S/c1-16-11-5-10(6-11)13-17(14,15)8-9-3-2-4-12-7-9/h9-13H,2-8H2,1H3. The lowest BCUT2D eigenvalue weighted by molar-refractivity contribution is 0.0236. The molecular formula is C11H22N2O3S. The fourth-order valence-electron chi connectivity index (χ4n) is 2.53. The largest absolute Gasteiger partial charge is 0.381 e. The monoisotopic (exact) mass is 262 g/mol. The first-order valence-corrected chi connectivity index (χ1v) is 7.98. The topological polar surface area (TPSA) is 67.4 Å². The lowest BCUT2D eigenvalue weighted by Crippen LogP contribution is -2.49.